The third kappa shape index (κ3) is 2.81. The number of esters is 2. The van der Waals surface area contributed by atoms with E-state index < -0.39 is 11.9 Å². The van der Waals surface area contributed by atoms with Gasteiger partial charge in [0.15, 0.2) is 13.5 Å². The first kappa shape index (κ1) is 17.3. The van der Waals surface area contributed by atoms with E-state index in [2.05, 4.69) is 0 Å². The van der Waals surface area contributed by atoms with Crippen molar-refractivity contribution in [3.63, 3.8) is 0 Å². The van der Waals surface area contributed by atoms with Gasteiger partial charge in [-0.3, -0.25) is 0 Å². The fourth-order valence-electron chi connectivity index (χ4n) is 3.78. The van der Waals surface area contributed by atoms with Crippen molar-refractivity contribution in [1.82, 2.24) is 0 Å². The Hall–Kier alpha value is -3.80. The Balaban J connectivity index is 1.69. The van der Waals surface area contributed by atoms with Gasteiger partial charge in [-0.15, -0.1) is 0 Å². The highest BCUT2D eigenvalue weighted by atomic mass is 16.6. The molecule has 6 nitrogen and oxygen atoms in total. The lowest BCUT2D eigenvalue weighted by Gasteiger charge is -2.35. The monoisotopic (exact) mass is 386 g/mol. The summed E-state index contributed by atoms with van der Waals surface area (Å²) < 4.78 is 10.8. The molecule has 29 heavy (non-hydrogen) atoms. The summed E-state index contributed by atoms with van der Waals surface area (Å²) >= 11 is 0. The molecule has 0 atom stereocenters. The molecule has 0 unspecified atom stereocenters. The second-order valence-electron chi connectivity index (χ2n) is 6.99. The average Bonchev–Trinajstić information content (AvgIpc) is 2.75. The zero-order valence-electron chi connectivity index (χ0n) is 15.8. The number of aryl methyl sites for hydroxylation is 1. The van der Waals surface area contributed by atoms with Gasteiger partial charge in [0, 0.05) is 11.4 Å². The Bertz CT molecular complexity index is 1130. The highest BCUT2D eigenvalue weighted by Gasteiger charge is 2.33. The number of para-hydroxylation sites is 2. The highest BCUT2D eigenvalue weighted by molar-refractivity contribution is 6.06. The van der Waals surface area contributed by atoms with Crippen molar-refractivity contribution in [2.75, 3.05) is 23.3 Å². The zero-order valence-corrected chi connectivity index (χ0v) is 15.8. The van der Waals surface area contributed by atoms with Gasteiger partial charge in [0.2, 0.25) is 0 Å². The van der Waals surface area contributed by atoms with Crippen LogP contribution in [0.1, 0.15) is 26.3 Å². The summed E-state index contributed by atoms with van der Waals surface area (Å²) in [6.07, 6.45) is 0. The second-order valence-corrected chi connectivity index (χ2v) is 6.99. The van der Waals surface area contributed by atoms with Crippen LogP contribution in [0.25, 0.3) is 0 Å². The van der Waals surface area contributed by atoms with Crippen LogP contribution in [0.3, 0.4) is 0 Å². The lowest BCUT2D eigenvalue weighted by molar-refractivity contribution is 0.0473. The molecular formula is C23H18N2O4. The molecule has 144 valence electrons. The van der Waals surface area contributed by atoms with Crippen LogP contribution in [0.15, 0.2) is 66.7 Å². The molecule has 3 aromatic carbocycles. The molecule has 0 radical (unpaired) electrons. The molecule has 5 rings (SSSR count). The van der Waals surface area contributed by atoms with E-state index in [0.29, 0.717) is 22.5 Å². The number of benzene rings is 3. The Kier molecular flexibility index (Phi) is 3.98. The first-order valence-electron chi connectivity index (χ1n) is 9.31. The van der Waals surface area contributed by atoms with Crippen LogP contribution < -0.4 is 9.80 Å². The predicted molar refractivity (Wildman–Crippen MR) is 109 cm³/mol. The Morgan fingerprint density at radius 1 is 0.690 bits per heavy atom. The quantitative estimate of drug-likeness (QED) is 0.603. The third-order valence-corrected chi connectivity index (χ3v) is 5.26. The van der Waals surface area contributed by atoms with E-state index in [1.807, 2.05) is 71.3 Å². The number of ether oxygens (including phenoxy) is 2. The van der Waals surface area contributed by atoms with Crippen LogP contribution in [0.5, 0.6) is 0 Å². The molecule has 0 aliphatic carbocycles. The van der Waals surface area contributed by atoms with Crippen molar-refractivity contribution < 1.29 is 19.1 Å². The topological polar surface area (TPSA) is 59.1 Å². The Morgan fingerprint density at radius 2 is 1.24 bits per heavy atom. The smallest absolute Gasteiger partial charge is 0.342 e. The molecule has 6 heteroatoms. The summed E-state index contributed by atoms with van der Waals surface area (Å²) in [7, 11) is 0. The van der Waals surface area contributed by atoms with E-state index >= 15 is 0 Å². The fraction of sp³-hybridized carbons (Fsp3) is 0.130. The summed E-state index contributed by atoms with van der Waals surface area (Å²) in [5, 5.41) is 0. The number of carbonyl (C=O) groups is 2. The summed E-state index contributed by atoms with van der Waals surface area (Å²) in [4.78, 5) is 28.9. The van der Waals surface area contributed by atoms with Gasteiger partial charge in [0.25, 0.3) is 0 Å². The molecule has 2 heterocycles. The summed E-state index contributed by atoms with van der Waals surface area (Å²) in [6, 6.07) is 20.9. The number of carbonyl (C=O) groups excluding carboxylic acids is 2. The number of rotatable bonds is 2. The van der Waals surface area contributed by atoms with Crippen molar-refractivity contribution in [1.29, 1.82) is 0 Å². The van der Waals surface area contributed by atoms with Gasteiger partial charge in [0.1, 0.15) is 0 Å². The van der Waals surface area contributed by atoms with E-state index in [-0.39, 0.29) is 13.5 Å². The SMILES string of the molecule is Cc1ccccc1N1COC(=O)c2cc3c(cc21)C(=O)OCN3c1ccccc1. The molecule has 0 amide bonds. The highest BCUT2D eigenvalue weighted by Crippen LogP contribution is 2.41. The average molecular weight is 386 g/mol. The molecule has 3 aromatic rings. The summed E-state index contributed by atoms with van der Waals surface area (Å²) in [5.41, 5.74) is 4.96. The van der Waals surface area contributed by atoms with E-state index in [1.54, 1.807) is 12.1 Å². The van der Waals surface area contributed by atoms with E-state index in [4.69, 9.17) is 9.47 Å². The van der Waals surface area contributed by atoms with Gasteiger partial charge < -0.3 is 19.3 Å². The van der Waals surface area contributed by atoms with Gasteiger partial charge in [-0.1, -0.05) is 36.4 Å². The molecule has 2 aliphatic heterocycles. The lowest BCUT2D eigenvalue weighted by Crippen LogP contribution is -2.34. The van der Waals surface area contributed by atoms with Crippen LogP contribution in [0.2, 0.25) is 0 Å². The fourth-order valence-corrected chi connectivity index (χ4v) is 3.78. The maximum atomic E-state index is 12.6. The predicted octanol–water partition coefficient (Wildman–Crippen LogP) is 4.53. The number of anilines is 4. The van der Waals surface area contributed by atoms with Crippen molar-refractivity contribution in [3.8, 4) is 0 Å². The molecule has 2 aliphatic rings. The maximum absolute atomic E-state index is 12.6. The number of hydrogen-bond donors (Lipinski definition) is 0. The summed E-state index contributed by atoms with van der Waals surface area (Å²) in [6.45, 7) is 2.17. The van der Waals surface area contributed by atoms with E-state index in [0.717, 1.165) is 16.9 Å². The van der Waals surface area contributed by atoms with E-state index in [1.165, 1.54) is 0 Å². The standard InChI is InChI=1S/C23H18N2O4/c1-15-7-5-6-10-19(15)25-14-29-23(27)18-11-20-17(12-21(18)25)22(26)28-13-24(20)16-8-3-2-4-9-16/h2-12H,13-14H2,1H3. The Labute approximate surface area is 167 Å². The van der Waals surface area contributed by atoms with Crippen molar-refractivity contribution in [2.45, 2.75) is 6.92 Å². The van der Waals surface area contributed by atoms with Crippen molar-refractivity contribution in [2.24, 2.45) is 0 Å². The minimum Gasteiger partial charge on any atom is -0.440 e. The third-order valence-electron chi connectivity index (χ3n) is 5.26. The Morgan fingerprint density at radius 3 is 1.90 bits per heavy atom. The summed E-state index contributed by atoms with van der Waals surface area (Å²) in [5.74, 6) is -0.807. The molecule has 0 saturated heterocycles. The molecule has 0 fully saturated rings. The van der Waals surface area contributed by atoms with Crippen LogP contribution in [-0.4, -0.2) is 25.4 Å². The molecule has 0 aromatic heterocycles. The van der Waals surface area contributed by atoms with Crippen molar-refractivity contribution in [3.05, 3.63) is 83.4 Å². The van der Waals surface area contributed by atoms with E-state index in [9.17, 15) is 9.59 Å². The van der Waals surface area contributed by atoms with Gasteiger partial charge in [-0.05, 0) is 42.8 Å². The van der Waals surface area contributed by atoms with Gasteiger partial charge in [-0.25, -0.2) is 9.59 Å². The van der Waals surface area contributed by atoms with Crippen LogP contribution in [0, 0.1) is 6.92 Å². The second kappa shape index (κ2) is 6.67. The molecule has 0 N–H and O–H groups in total. The molecular weight excluding hydrogens is 368 g/mol. The van der Waals surface area contributed by atoms with Gasteiger partial charge >= 0.3 is 11.9 Å². The van der Waals surface area contributed by atoms with Crippen LogP contribution in [0.4, 0.5) is 22.7 Å². The number of cyclic esters (lactones) is 2. The van der Waals surface area contributed by atoms with Gasteiger partial charge in [0.05, 0.1) is 22.5 Å². The normalized spacial score (nSPS) is 15.3. The zero-order chi connectivity index (χ0) is 20.0. The number of fused-ring (bicyclic) bond motifs is 2. The van der Waals surface area contributed by atoms with Crippen molar-refractivity contribution >= 4 is 34.7 Å². The molecule has 0 spiro atoms. The first-order valence-corrected chi connectivity index (χ1v) is 9.31. The number of nitrogens with zero attached hydrogens (tertiary/aromatic N) is 2. The molecule has 0 bridgehead atoms. The molecule has 0 saturated carbocycles. The number of hydrogen-bond acceptors (Lipinski definition) is 6. The largest absolute Gasteiger partial charge is 0.440 e. The van der Waals surface area contributed by atoms with Gasteiger partial charge in [-0.2, -0.15) is 0 Å². The van der Waals surface area contributed by atoms with Crippen LogP contribution in [-0.2, 0) is 9.47 Å². The lowest BCUT2D eigenvalue weighted by atomic mass is 10.0. The minimum absolute atomic E-state index is 0.0885. The maximum Gasteiger partial charge on any atom is 0.342 e. The first-order chi connectivity index (χ1) is 14.1. The minimum atomic E-state index is -0.404. The van der Waals surface area contributed by atoms with Crippen LogP contribution >= 0.6 is 0 Å².